The summed E-state index contributed by atoms with van der Waals surface area (Å²) in [6.07, 6.45) is 6.34. The van der Waals surface area contributed by atoms with Gasteiger partial charge in [0.1, 0.15) is 0 Å². The summed E-state index contributed by atoms with van der Waals surface area (Å²) in [4.78, 5) is 0. The summed E-state index contributed by atoms with van der Waals surface area (Å²) in [6, 6.07) is 0. The number of hydrogen-bond acceptors (Lipinski definition) is 3. The molecular formula is C7H10O3S2. The summed E-state index contributed by atoms with van der Waals surface area (Å²) in [7, 11) is -4.15. The van der Waals surface area contributed by atoms with Crippen LogP contribution in [0, 0.1) is 5.92 Å². The minimum absolute atomic E-state index is 0.333. The van der Waals surface area contributed by atoms with Gasteiger partial charge in [-0.1, -0.05) is 31.2 Å². The molecule has 0 bridgehead atoms. The molecule has 0 amide bonds. The SMILES string of the molecule is CC1C=CC=CC1(S)S(=O)(=O)O. The highest BCUT2D eigenvalue weighted by atomic mass is 32.3. The third-order valence-electron chi connectivity index (χ3n) is 1.91. The van der Waals surface area contributed by atoms with Gasteiger partial charge in [-0.15, -0.1) is 12.6 Å². The Morgan fingerprint density at radius 2 is 2.08 bits per heavy atom. The van der Waals surface area contributed by atoms with E-state index in [1.165, 1.54) is 6.08 Å². The van der Waals surface area contributed by atoms with Gasteiger partial charge in [-0.3, -0.25) is 4.55 Å². The summed E-state index contributed by atoms with van der Waals surface area (Å²) in [5.41, 5.74) is 0. The highest BCUT2D eigenvalue weighted by Gasteiger charge is 2.41. The zero-order valence-corrected chi connectivity index (χ0v) is 8.22. The van der Waals surface area contributed by atoms with Crippen molar-refractivity contribution in [3.8, 4) is 0 Å². The smallest absolute Gasteiger partial charge is 0.284 e. The van der Waals surface area contributed by atoms with E-state index < -0.39 is 14.2 Å². The van der Waals surface area contributed by atoms with Gasteiger partial charge in [0.2, 0.25) is 0 Å². The lowest BCUT2D eigenvalue weighted by Crippen LogP contribution is -2.37. The minimum Gasteiger partial charge on any atom is -0.284 e. The molecule has 0 heterocycles. The van der Waals surface area contributed by atoms with Gasteiger partial charge in [0, 0.05) is 5.92 Å². The number of rotatable bonds is 1. The second-order valence-corrected chi connectivity index (χ2v) is 5.43. The third-order valence-corrected chi connectivity index (χ3v) is 4.49. The van der Waals surface area contributed by atoms with E-state index in [2.05, 4.69) is 12.6 Å². The van der Waals surface area contributed by atoms with Crippen LogP contribution in [0.5, 0.6) is 0 Å². The zero-order valence-electron chi connectivity index (χ0n) is 6.51. The monoisotopic (exact) mass is 206 g/mol. The number of allylic oxidation sites excluding steroid dienone is 3. The maximum atomic E-state index is 10.9. The summed E-state index contributed by atoms with van der Waals surface area (Å²) in [5, 5.41) is 0. The first-order valence-electron chi connectivity index (χ1n) is 3.43. The molecule has 0 spiro atoms. The van der Waals surface area contributed by atoms with E-state index in [4.69, 9.17) is 4.55 Å². The molecule has 1 N–H and O–H groups in total. The lowest BCUT2D eigenvalue weighted by Gasteiger charge is -2.27. The molecule has 1 aliphatic rings. The molecule has 2 unspecified atom stereocenters. The van der Waals surface area contributed by atoms with Crippen LogP contribution >= 0.6 is 12.6 Å². The summed E-state index contributed by atoms with van der Waals surface area (Å²) >= 11 is 3.95. The number of thiol groups is 1. The molecule has 1 rings (SSSR count). The Kier molecular flexibility index (Phi) is 2.38. The van der Waals surface area contributed by atoms with Crippen LogP contribution in [-0.4, -0.2) is 17.0 Å². The van der Waals surface area contributed by atoms with Gasteiger partial charge < -0.3 is 0 Å². The first-order chi connectivity index (χ1) is 5.38. The molecule has 0 aromatic heterocycles. The molecule has 0 aromatic carbocycles. The molecule has 12 heavy (non-hydrogen) atoms. The molecule has 0 saturated carbocycles. The Labute approximate surface area is 77.3 Å². The molecule has 0 fully saturated rings. The molecule has 3 nitrogen and oxygen atoms in total. The fraction of sp³-hybridized carbons (Fsp3) is 0.429. The quantitative estimate of drug-likeness (QED) is 0.501. The van der Waals surface area contributed by atoms with Gasteiger partial charge in [0.25, 0.3) is 10.1 Å². The van der Waals surface area contributed by atoms with Gasteiger partial charge >= 0.3 is 0 Å². The van der Waals surface area contributed by atoms with Gasteiger partial charge in [-0.05, 0) is 0 Å². The highest BCUT2D eigenvalue weighted by Crippen LogP contribution is 2.35. The Morgan fingerprint density at radius 1 is 1.50 bits per heavy atom. The molecule has 0 aromatic rings. The van der Waals surface area contributed by atoms with Crippen LogP contribution in [0.3, 0.4) is 0 Å². The Morgan fingerprint density at radius 3 is 2.42 bits per heavy atom. The summed E-state index contributed by atoms with van der Waals surface area (Å²) < 4.78 is 29.2. The summed E-state index contributed by atoms with van der Waals surface area (Å²) in [5.74, 6) is -0.333. The topological polar surface area (TPSA) is 54.4 Å². The molecule has 0 radical (unpaired) electrons. The largest absolute Gasteiger partial charge is 0.284 e. The van der Waals surface area contributed by atoms with Crippen molar-refractivity contribution >= 4 is 22.7 Å². The van der Waals surface area contributed by atoms with Crippen molar-refractivity contribution in [3.63, 3.8) is 0 Å². The van der Waals surface area contributed by atoms with Crippen molar-refractivity contribution < 1.29 is 13.0 Å². The lowest BCUT2D eigenvalue weighted by molar-refractivity contribution is 0.456. The number of hydrogen-bond donors (Lipinski definition) is 2. The van der Waals surface area contributed by atoms with Crippen molar-refractivity contribution in [2.45, 2.75) is 11.0 Å². The Balaban J connectivity index is 3.16. The van der Waals surface area contributed by atoms with Gasteiger partial charge in [-0.2, -0.15) is 8.42 Å². The van der Waals surface area contributed by atoms with E-state index in [9.17, 15) is 8.42 Å². The maximum absolute atomic E-state index is 10.9. The standard InChI is InChI=1S/C7H10O3S2/c1-6-4-2-3-5-7(6,11)12(8,9)10/h2-6,11H,1H3,(H,8,9,10). The second kappa shape index (κ2) is 2.90. The Hall–Kier alpha value is -0.260. The first kappa shape index (κ1) is 9.83. The van der Waals surface area contributed by atoms with Crippen LogP contribution in [0.4, 0.5) is 0 Å². The van der Waals surface area contributed by atoms with Crippen molar-refractivity contribution in [1.82, 2.24) is 0 Å². The van der Waals surface area contributed by atoms with Crippen LogP contribution in [0.25, 0.3) is 0 Å². The van der Waals surface area contributed by atoms with Gasteiger partial charge in [-0.25, -0.2) is 0 Å². The minimum atomic E-state index is -4.15. The van der Waals surface area contributed by atoms with Crippen LogP contribution in [0.2, 0.25) is 0 Å². The van der Waals surface area contributed by atoms with E-state index in [0.717, 1.165) is 0 Å². The van der Waals surface area contributed by atoms with E-state index in [1.807, 2.05) is 0 Å². The zero-order chi connectivity index (χ0) is 9.41. The lowest BCUT2D eigenvalue weighted by atomic mass is 10.0. The van der Waals surface area contributed by atoms with Gasteiger partial charge in [0.05, 0.1) is 0 Å². The molecule has 68 valence electrons. The van der Waals surface area contributed by atoms with E-state index in [0.29, 0.717) is 0 Å². The van der Waals surface area contributed by atoms with Crippen molar-refractivity contribution in [2.24, 2.45) is 5.92 Å². The average molecular weight is 206 g/mol. The molecule has 2 atom stereocenters. The maximum Gasteiger partial charge on any atom is 0.284 e. The van der Waals surface area contributed by atoms with Crippen LogP contribution in [-0.2, 0) is 10.1 Å². The average Bonchev–Trinajstić information content (AvgIpc) is 1.93. The predicted octanol–water partition coefficient (Wildman–Crippen LogP) is 1.26. The molecular weight excluding hydrogens is 196 g/mol. The second-order valence-electron chi connectivity index (χ2n) is 2.76. The molecule has 0 aliphatic heterocycles. The van der Waals surface area contributed by atoms with E-state index in [1.54, 1.807) is 25.2 Å². The van der Waals surface area contributed by atoms with Gasteiger partial charge in [0.15, 0.2) is 4.08 Å². The van der Waals surface area contributed by atoms with Crippen molar-refractivity contribution in [3.05, 3.63) is 24.3 Å². The molecule has 1 aliphatic carbocycles. The van der Waals surface area contributed by atoms with Crippen LogP contribution < -0.4 is 0 Å². The molecule has 5 heteroatoms. The molecule has 0 saturated heterocycles. The Bertz CT molecular complexity index is 329. The normalized spacial score (nSPS) is 35.4. The van der Waals surface area contributed by atoms with Crippen LogP contribution in [0.1, 0.15) is 6.92 Å². The van der Waals surface area contributed by atoms with E-state index >= 15 is 0 Å². The highest BCUT2D eigenvalue weighted by molar-refractivity contribution is 8.03. The third kappa shape index (κ3) is 1.44. The summed E-state index contributed by atoms with van der Waals surface area (Å²) in [6.45, 7) is 1.68. The van der Waals surface area contributed by atoms with Crippen molar-refractivity contribution in [1.29, 1.82) is 0 Å². The predicted molar refractivity (Wildman–Crippen MR) is 50.7 cm³/mol. The first-order valence-corrected chi connectivity index (χ1v) is 5.32. The van der Waals surface area contributed by atoms with E-state index in [-0.39, 0.29) is 5.92 Å². The van der Waals surface area contributed by atoms with Crippen LogP contribution in [0.15, 0.2) is 24.3 Å². The van der Waals surface area contributed by atoms with Crippen molar-refractivity contribution in [2.75, 3.05) is 0 Å². The fourth-order valence-corrected chi connectivity index (χ4v) is 2.01. The fourth-order valence-electron chi connectivity index (χ4n) is 1.03.